The van der Waals surface area contributed by atoms with Crippen LogP contribution in [0.25, 0.3) is 0 Å². The Balaban J connectivity index is 2.84. The Hall–Kier alpha value is -1.84. The quantitative estimate of drug-likeness (QED) is 0.774. The van der Waals surface area contributed by atoms with E-state index in [1.165, 1.54) is 6.92 Å². The molecule has 0 atom stereocenters. The normalized spacial score (nSPS) is 10.3. The summed E-state index contributed by atoms with van der Waals surface area (Å²) in [5.74, 6) is -0.102. The molecule has 116 valence electrons. The highest BCUT2D eigenvalue weighted by molar-refractivity contribution is 5.97. The SMILES string of the molecule is CCCN(CCC)C(=O)CN(C(C)=O)c1ccc(C)cc1. The van der Waals surface area contributed by atoms with Gasteiger partial charge in [0.05, 0.1) is 0 Å². The van der Waals surface area contributed by atoms with Crippen LogP contribution in [0.1, 0.15) is 39.2 Å². The fraction of sp³-hybridized carbons (Fsp3) is 0.529. The minimum atomic E-state index is -0.111. The van der Waals surface area contributed by atoms with Crippen LogP contribution in [0.15, 0.2) is 24.3 Å². The molecule has 0 fully saturated rings. The molecule has 0 aliphatic carbocycles. The van der Waals surface area contributed by atoms with Crippen molar-refractivity contribution in [1.29, 1.82) is 0 Å². The summed E-state index contributed by atoms with van der Waals surface area (Å²) in [5.41, 5.74) is 1.90. The van der Waals surface area contributed by atoms with Gasteiger partial charge in [-0.25, -0.2) is 0 Å². The lowest BCUT2D eigenvalue weighted by molar-refractivity contribution is -0.131. The third kappa shape index (κ3) is 5.21. The molecule has 0 heterocycles. The summed E-state index contributed by atoms with van der Waals surface area (Å²) in [7, 11) is 0. The van der Waals surface area contributed by atoms with Crippen LogP contribution in [0, 0.1) is 6.92 Å². The molecule has 0 spiro atoms. The molecule has 2 amide bonds. The maximum absolute atomic E-state index is 12.4. The van der Waals surface area contributed by atoms with E-state index in [0.717, 1.165) is 37.2 Å². The smallest absolute Gasteiger partial charge is 0.242 e. The summed E-state index contributed by atoms with van der Waals surface area (Å²) in [5, 5.41) is 0. The summed E-state index contributed by atoms with van der Waals surface area (Å²) >= 11 is 0. The fourth-order valence-electron chi connectivity index (χ4n) is 2.25. The lowest BCUT2D eigenvalue weighted by Crippen LogP contribution is -2.43. The summed E-state index contributed by atoms with van der Waals surface area (Å²) in [4.78, 5) is 27.6. The molecule has 0 saturated heterocycles. The average molecular weight is 290 g/mol. The van der Waals surface area contributed by atoms with E-state index >= 15 is 0 Å². The highest BCUT2D eigenvalue weighted by atomic mass is 16.2. The van der Waals surface area contributed by atoms with E-state index in [4.69, 9.17) is 0 Å². The van der Waals surface area contributed by atoms with E-state index in [-0.39, 0.29) is 18.4 Å². The van der Waals surface area contributed by atoms with E-state index in [9.17, 15) is 9.59 Å². The van der Waals surface area contributed by atoms with Crippen molar-refractivity contribution in [3.63, 3.8) is 0 Å². The molecule has 0 unspecified atom stereocenters. The number of anilines is 1. The van der Waals surface area contributed by atoms with Gasteiger partial charge in [0.1, 0.15) is 6.54 Å². The van der Waals surface area contributed by atoms with Gasteiger partial charge in [0.15, 0.2) is 0 Å². The molecule has 0 bridgehead atoms. The van der Waals surface area contributed by atoms with E-state index < -0.39 is 0 Å². The molecule has 0 aliphatic heterocycles. The summed E-state index contributed by atoms with van der Waals surface area (Å²) < 4.78 is 0. The Kier molecular flexibility index (Phi) is 6.92. The minimum Gasteiger partial charge on any atom is -0.341 e. The van der Waals surface area contributed by atoms with Crippen LogP contribution in [0.4, 0.5) is 5.69 Å². The minimum absolute atomic E-state index is 0.00877. The van der Waals surface area contributed by atoms with Gasteiger partial charge in [0, 0.05) is 25.7 Å². The molecule has 0 saturated carbocycles. The number of rotatable bonds is 7. The predicted molar refractivity (Wildman–Crippen MR) is 86.4 cm³/mol. The van der Waals surface area contributed by atoms with Crippen LogP contribution in [0.3, 0.4) is 0 Å². The van der Waals surface area contributed by atoms with Crippen LogP contribution >= 0.6 is 0 Å². The first kappa shape index (κ1) is 17.2. The van der Waals surface area contributed by atoms with Crippen LogP contribution < -0.4 is 4.90 Å². The van der Waals surface area contributed by atoms with Crippen molar-refractivity contribution >= 4 is 17.5 Å². The van der Waals surface area contributed by atoms with E-state index in [2.05, 4.69) is 13.8 Å². The van der Waals surface area contributed by atoms with Gasteiger partial charge in [0.2, 0.25) is 11.8 Å². The molecule has 1 rings (SSSR count). The van der Waals surface area contributed by atoms with Crippen LogP contribution in [0.2, 0.25) is 0 Å². The molecule has 0 aromatic heterocycles. The third-order valence-electron chi connectivity index (χ3n) is 3.36. The lowest BCUT2D eigenvalue weighted by Gasteiger charge is -2.26. The average Bonchev–Trinajstić information content (AvgIpc) is 2.45. The van der Waals surface area contributed by atoms with Crippen molar-refractivity contribution in [2.45, 2.75) is 40.5 Å². The maximum Gasteiger partial charge on any atom is 0.242 e. The first-order valence-electron chi connectivity index (χ1n) is 7.62. The highest BCUT2D eigenvalue weighted by Crippen LogP contribution is 2.15. The van der Waals surface area contributed by atoms with Crippen molar-refractivity contribution in [3.8, 4) is 0 Å². The zero-order valence-electron chi connectivity index (χ0n) is 13.6. The Bertz CT molecular complexity index is 462. The van der Waals surface area contributed by atoms with Crippen LogP contribution in [0.5, 0.6) is 0 Å². The maximum atomic E-state index is 12.4. The van der Waals surface area contributed by atoms with Gasteiger partial charge in [-0.2, -0.15) is 0 Å². The number of carbonyl (C=O) groups excluding carboxylic acids is 2. The third-order valence-corrected chi connectivity index (χ3v) is 3.36. The fourth-order valence-corrected chi connectivity index (χ4v) is 2.25. The number of nitrogens with zero attached hydrogens (tertiary/aromatic N) is 2. The monoisotopic (exact) mass is 290 g/mol. The molecule has 1 aromatic carbocycles. The predicted octanol–water partition coefficient (Wildman–Crippen LogP) is 3.00. The summed E-state index contributed by atoms with van der Waals surface area (Å²) in [6, 6.07) is 7.67. The van der Waals surface area contributed by atoms with E-state index in [0.29, 0.717) is 0 Å². The van der Waals surface area contributed by atoms with Crippen molar-refractivity contribution in [1.82, 2.24) is 4.90 Å². The molecular weight excluding hydrogens is 264 g/mol. The molecule has 21 heavy (non-hydrogen) atoms. The zero-order chi connectivity index (χ0) is 15.8. The van der Waals surface area contributed by atoms with E-state index in [1.807, 2.05) is 36.1 Å². The van der Waals surface area contributed by atoms with Gasteiger partial charge in [-0.3, -0.25) is 9.59 Å². The largest absolute Gasteiger partial charge is 0.341 e. The molecule has 0 N–H and O–H groups in total. The van der Waals surface area contributed by atoms with Gasteiger partial charge in [-0.05, 0) is 31.9 Å². The first-order valence-corrected chi connectivity index (χ1v) is 7.62. The van der Waals surface area contributed by atoms with Crippen molar-refractivity contribution < 1.29 is 9.59 Å². The Morgan fingerprint density at radius 1 is 1.00 bits per heavy atom. The summed E-state index contributed by atoms with van der Waals surface area (Å²) in [6.45, 7) is 9.20. The topological polar surface area (TPSA) is 40.6 Å². The van der Waals surface area contributed by atoms with Gasteiger partial charge >= 0.3 is 0 Å². The van der Waals surface area contributed by atoms with Gasteiger partial charge in [0.25, 0.3) is 0 Å². The van der Waals surface area contributed by atoms with Gasteiger partial charge in [-0.1, -0.05) is 31.5 Å². The number of aryl methyl sites for hydroxylation is 1. The second kappa shape index (κ2) is 8.45. The van der Waals surface area contributed by atoms with Crippen molar-refractivity contribution in [2.24, 2.45) is 0 Å². The highest BCUT2D eigenvalue weighted by Gasteiger charge is 2.19. The molecule has 0 radical (unpaired) electrons. The molecule has 0 aliphatic rings. The zero-order valence-corrected chi connectivity index (χ0v) is 13.6. The Morgan fingerprint density at radius 2 is 1.52 bits per heavy atom. The Labute approximate surface area is 127 Å². The van der Waals surface area contributed by atoms with Crippen LogP contribution in [-0.2, 0) is 9.59 Å². The number of benzene rings is 1. The standard InChI is InChI=1S/C17H26N2O2/c1-5-11-18(12-6-2)17(21)13-19(15(4)20)16-9-7-14(3)8-10-16/h7-10H,5-6,11-13H2,1-4H3. The Morgan fingerprint density at radius 3 is 1.95 bits per heavy atom. The van der Waals surface area contributed by atoms with Crippen molar-refractivity contribution in [3.05, 3.63) is 29.8 Å². The number of hydrogen-bond donors (Lipinski definition) is 0. The molecule has 1 aromatic rings. The van der Waals surface area contributed by atoms with Gasteiger partial charge in [-0.15, -0.1) is 0 Å². The van der Waals surface area contributed by atoms with E-state index in [1.54, 1.807) is 4.90 Å². The molecule has 4 nitrogen and oxygen atoms in total. The second-order valence-corrected chi connectivity index (χ2v) is 5.32. The van der Waals surface area contributed by atoms with Crippen LogP contribution in [-0.4, -0.2) is 36.3 Å². The number of amides is 2. The summed E-state index contributed by atoms with van der Waals surface area (Å²) in [6.07, 6.45) is 1.85. The first-order chi connectivity index (χ1) is 9.99. The molecule has 4 heteroatoms. The second-order valence-electron chi connectivity index (χ2n) is 5.32. The number of hydrogen-bond acceptors (Lipinski definition) is 2. The molecular formula is C17H26N2O2. The lowest BCUT2D eigenvalue weighted by atomic mass is 10.2. The van der Waals surface area contributed by atoms with Crippen molar-refractivity contribution in [2.75, 3.05) is 24.5 Å². The number of carbonyl (C=O) groups is 2. The van der Waals surface area contributed by atoms with Gasteiger partial charge < -0.3 is 9.80 Å².